The van der Waals surface area contributed by atoms with Crippen LogP contribution in [0.2, 0.25) is 0 Å². The Morgan fingerprint density at radius 1 is 1.27 bits per heavy atom. The molecule has 0 heterocycles. The van der Waals surface area contributed by atoms with E-state index >= 15 is 0 Å². The van der Waals surface area contributed by atoms with Crippen LogP contribution >= 0.6 is 12.4 Å². The lowest BCUT2D eigenvalue weighted by atomic mass is 10.3. The lowest BCUT2D eigenvalue weighted by molar-refractivity contribution is 0.288. The summed E-state index contributed by atoms with van der Waals surface area (Å²) in [5, 5.41) is 0. The highest BCUT2D eigenvalue weighted by Crippen LogP contribution is 2.28. The first-order chi connectivity index (χ1) is 6.77. The van der Waals surface area contributed by atoms with Crippen LogP contribution < -0.4 is 15.2 Å². The maximum Gasteiger partial charge on any atom is 0.162 e. The molecular formula is C11H18ClNO2. The molecular weight excluding hydrogens is 214 g/mol. The Bertz CT molecular complexity index is 292. The summed E-state index contributed by atoms with van der Waals surface area (Å²) < 4.78 is 10.7. The topological polar surface area (TPSA) is 44.5 Å². The number of rotatable bonds is 5. The zero-order chi connectivity index (χ0) is 10.4. The van der Waals surface area contributed by atoms with Crippen LogP contribution in [0.4, 0.5) is 5.69 Å². The van der Waals surface area contributed by atoms with Crippen LogP contribution in [-0.2, 0) is 0 Å². The normalized spacial score (nSPS) is 9.20. The van der Waals surface area contributed by atoms with Gasteiger partial charge in [0.05, 0.1) is 13.7 Å². The second-order valence-electron chi connectivity index (χ2n) is 3.11. The fraction of sp³-hybridized carbons (Fsp3) is 0.455. The van der Waals surface area contributed by atoms with Gasteiger partial charge in [-0.3, -0.25) is 0 Å². The van der Waals surface area contributed by atoms with Crippen molar-refractivity contribution < 1.29 is 9.47 Å². The van der Waals surface area contributed by atoms with E-state index in [1.807, 2.05) is 12.1 Å². The van der Waals surface area contributed by atoms with Gasteiger partial charge in [-0.25, -0.2) is 0 Å². The van der Waals surface area contributed by atoms with Crippen LogP contribution in [0.1, 0.15) is 19.8 Å². The fourth-order valence-corrected chi connectivity index (χ4v) is 1.13. The van der Waals surface area contributed by atoms with Crippen LogP contribution in [0.15, 0.2) is 18.2 Å². The minimum Gasteiger partial charge on any atom is -0.493 e. The van der Waals surface area contributed by atoms with Gasteiger partial charge in [0.1, 0.15) is 0 Å². The number of unbranched alkanes of at least 4 members (excludes halogenated alkanes) is 1. The summed E-state index contributed by atoms with van der Waals surface area (Å²) >= 11 is 0. The van der Waals surface area contributed by atoms with E-state index in [2.05, 4.69) is 6.92 Å². The molecule has 0 radical (unpaired) electrons. The highest BCUT2D eigenvalue weighted by molar-refractivity contribution is 5.85. The molecule has 1 rings (SSSR count). The number of nitrogen functional groups attached to an aromatic ring is 1. The lowest BCUT2D eigenvalue weighted by Gasteiger charge is -2.10. The summed E-state index contributed by atoms with van der Waals surface area (Å²) in [4.78, 5) is 0. The van der Waals surface area contributed by atoms with E-state index in [0.29, 0.717) is 11.4 Å². The summed E-state index contributed by atoms with van der Waals surface area (Å²) in [6, 6.07) is 5.41. The van der Waals surface area contributed by atoms with E-state index in [9.17, 15) is 0 Å². The standard InChI is InChI=1S/C11H17NO2.ClH/c1-3-4-7-14-10-6-5-9(12)8-11(10)13-2;/h5-6,8H,3-4,7,12H2,1-2H3;1H. The number of benzene rings is 1. The molecule has 86 valence electrons. The van der Waals surface area contributed by atoms with Gasteiger partial charge in [0, 0.05) is 11.8 Å². The summed E-state index contributed by atoms with van der Waals surface area (Å²) in [5.74, 6) is 1.45. The third-order valence-corrected chi connectivity index (χ3v) is 1.94. The molecule has 0 aliphatic rings. The number of methoxy groups -OCH3 is 1. The van der Waals surface area contributed by atoms with Gasteiger partial charge in [-0.1, -0.05) is 13.3 Å². The molecule has 0 aliphatic carbocycles. The second kappa shape index (κ2) is 7.23. The van der Waals surface area contributed by atoms with Gasteiger partial charge >= 0.3 is 0 Å². The molecule has 0 amide bonds. The van der Waals surface area contributed by atoms with Crippen molar-refractivity contribution in [3.63, 3.8) is 0 Å². The predicted molar refractivity (Wildman–Crippen MR) is 65.1 cm³/mol. The van der Waals surface area contributed by atoms with E-state index in [1.165, 1.54) is 0 Å². The minimum atomic E-state index is 0. The number of ether oxygens (including phenoxy) is 2. The fourth-order valence-electron chi connectivity index (χ4n) is 1.13. The average Bonchev–Trinajstić information content (AvgIpc) is 2.20. The predicted octanol–water partition coefficient (Wildman–Crippen LogP) is 2.88. The molecule has 0 aliphatic heterocycles. The van der Waals surface area contributed by atoms with Crippen molar-refractivity contribution in [2.75, 3.05) is 19.5 Å². The highest BCUT2D eigenvalue weighted by Gasteiger charge is 2.03. The van der Waals surface area contributed by atoms with Gasteiger partial charge in [0.2, 0.25) is 0 Å². The van der Waals surface area contributed by atoms with Crippen molar-refractivity contribution in [2.24, 2.45) is 0 Å². The molecule has 0 fully saturated rings. The molecule has 1 aromatic carbocycles. The lowest BCUT2D eigenvalue weighted by Crippen LogP contribution is -1.99. The van der Waals surface area contributed by atoms with E-state index in [4.69, 9.17) is 15.2 Å². The smallest absolute Gasteiger partial charge is 0.162 e. The largest absolute Gasteiger partial charge is 0.493 e. The van der Waals surface area contributed by atoms with Crippen molar-refractivity contribution >= 4 is 18.1 Å². The number of nitrogens with two attached hydrogens (primary N) is 1. The van der Waals surface area contributed by atoms with Crippen molar-refractivity contribution in [2.45, 2.75) is 19.8 Å². The molecule has 3 nitrogen and oxygen atoms in total. The van der Waals surface area contributed by atoms with Crippen LogP contribution in [0.5, 0.6) is 11.5 Å². The van der Waals surface area contributed by atoms with Crippen LogP contribution in [0.3, 0.4) is 0 Å². The van der Waals surface area contributed by atoms with E-state index in [-0.39, 0.29) is 12.4 Å². The summed E-state index contributed by atoms with van der Waals surface area (Å²) in [7, 11) is 1.61. The van der Waals surface area contributed by atoms with Crippen molar-refractivity contribution in [3.8, 4) is 11.5 Å². The molecule has 0 spiro atoms. The summed E-state index contributed by atoms with van der Waals surface area (Å²) in [5.41, 5.74) is 6.31. The first-order valence-electron chi connectivity index (χ1n) is 4.84. The molecule has 0 unspecified atom stereocenters. The van der Waals surface area contributed by atoms with Gasteiger partial charge in [-0.05, 0) is 18.6 Å². The van der Waals surface area contributed by atoms with Gasteiger partial charge in [-0.15, -0.1) is 12.4 Å². The zero-order valence-electron chi connectivity index (χ0n) is 9.16. The molecule has 0 saturated heterocycles. The molecule has 1 aromatic rings. The van der Waals surface area contributed by atoms with Gasteiger partial charge in [0.15, 0.2) is 11.5 Å². The molecule has 0 saturated carbocycles. The monoisotopic (exact) mass is 231 g/mol. The maximum atomic E-state index is 5.62. The van der Waals surface area contributed by atoms with Gasteiger partial charge < -0.3 is 15.2 Å². The molecule has 0 aromatic heterocycles. The van der Waals surface area contributed by atoms with Crippen molar-refractivity contribution in [1.29, 1.82) is 0 Å². The van der Waals surface area contributed by atoms with Crippen molar-refractivity contribution in [1.82, 2.24) is 0 Å². The first kappa shape index (κ1) is 13.9. The molecule has 2 N–H and O–H groups in total. The third kappa shape index (κ3) is 4.30. The Kier molecular flexibility index (Phi) is 6.71. The number of anilines is 1. The molecule has 15 heavy (non-hydrogen) atoms. The Morgan fingerprint density at radius 2 is 2.00 bits per heavy atom. The van der Waals surface area contributed by atoms with E-state index in [0.717, 1.165) is 25.2 Å². The van der Waals surface area contributed by atoms with E-state index in [1.54, 1.807) is 13.2 Å². The third-order valence-electron chi connectivity index (χ3n) is 1.94. The number of hydrogen-bond acceptors (Lipinski definition) is 3. The summed E-state index contributed by atoms with van der Waals surface area (Å²) in [6.45, 7) is 2.85. The van der Waals surface area contributed by atoms with Crippen LogP contribution in [0.25, 0.3) is 0 Å². The van der Waals surface area contributed by atoms with Gasteiger partial charge in [0.25, 0.3) is 0 Å². The van der Waals surface area contributed by atoms with E-state index < -0.39 is 0 Å². The Labute approximate surface area is 97.0 Å². The Morgan fingerprint density at radius 3 is 2.60 bits per heavy atom. The zero-order valence-corrected chi connectivity index (χ0v) is 9.97. The first-order valence-corrected chi connectivity index (χ1v) is 4.84. The SMILES string of the molecule is CCCCOc1ccc(N)cc1OC.Cl. The molecule has 4 heteroatoms. The van der Waals surface area contributed by atoms with Gasteiger partial charge in [-0.2, -0.15) is 0 Å². The average molecular weight is 232 g/mol. The van der Waals surface area contributed by atoms with Crippen LogP contribution in [0, 0.1) is 0 Å². The summed E-state index contributed by atoms with van der Waals surface area (Å²) in [6.07, 6.45) is 2.17. The Balaban J connectivity index is 0.00000196. The van der Waals surface area contributed by atoms with Crippen molar-refractivity contribution in [3.05, 3.63) is 18.2 Å². The Hall–Kier alpha value is -1.09. The minimum absolute atomic E-state index is 0. The molecule has 0 atom stereocenters. The number of hydrogen-bond donors (Lipinski definition) is 1. The maximum absolute atomic E-state index is 5.62. The quantitative estimate of drug-likeness (QED) is 0.626. The molecule has 0 bridgehead atoms. The highest BCUT2D eigenvalue weighted by atomic mass is 35.5. The second-order valence-corrected chi connectivity index (χ2v) is 3.11. The number of halogens is 1. The van der Waals surface area contributed by atoms with Crippen LogP contribution in [-0.4, -0.2) is 13.7 Å².